The van der Waals surface area contributed by atoms with Crippen LogP contribution in [-0.4, -0.2) is 5.92 Å². The summed E-state index contributed by atoms with van der Waals surface area (Å²) in [5.41, 5.74) is 14.9. The number of benzene rings is 4. The van der Waals surface area contributed by atoms with E-state index in [-0.39, 0.29) is 9.41 Å². The van der Waals surface area contributed by atoms with E-state index in [0.29, 0.717) is 7.25 Å². The van der Waals surface area contributed by atoms with Crippen LogP contribution in [0.25, 0.3) is 34.4 Å². The van der Waals surface area contributed by atoms with Crippen LogP contribution in [0.3, 0.4) is 0 Å². The van der Waals surface area contributed by atoms with Gasteiger partial charge in [-0.05, 0) is 0 Å². The van der Waals surface area contributed by atoms with Gasteiger partial charge in [-0.1, -0.05) is 0 Å². The first-order valence-electron chi connectivity index (χ1n) is 13.1. The molecule has 2 unspecified atom stereocenters. The van der Waals surface area contributed by atoms with Gasteiger partial charge >= 0.3 is 226 Å². The predicted octanol–water partition coefficient (Wildman–Crippen LogP) is 3.25. The van der Waals surface area contributed by atoms with E-state index in [0.717, 1.165) is 0 Å². The predicted molar refractivity (Wildman–Crippen MR) is 155 cm³/mol. The molecular weight excluding hydrogens is 566 g/mol. The number of rotatable bonds is 5. The zero-order valence-corrected chi connectivity index (χ0v) is 26.0. The second-order valence-corrected chi connectivity index (χ2v) is 30.7. The van der Waals surface area contributed by atoms with E-state index >= 15 is 0 Å². The molecule has 6 rings (SSSR count). The summed E-state index contributed by atoms with van der Waals surface area (Å²) >= 11 is -2.00. The van der Waals surface area contributed by atoms with Crippen LogP contribution in [0.4, 0.5) is 0 Å². The molecule has 0 amide bonds. The summed E-state index contributed by atoms with van der Waals surface area (Å²) < 4.78 is 1.36. The molecule has 0 spiro atoms. The van der Waals surface area contributed by atoms with Gasteiger partial charge in [-0.25, -0.2) is 0 Å². The van der Waals surface area contributed by atoms with Crippen LogP contribution in [0.5, 0.6) is 0 Å². The first-order chi connectivity index (χ1) is 17.5. The minimum Gasteiger partial charge on any atom is -1.00 e. The van der Waals surface area contributed by atoms with E-state index in [4.69, 9.17) is 0 Å². The zero-order chi connectivity index (χ0) is 24.8. The fourth-order valence-corrected chi connectivity index (χ4v) is 29.8. The molecule has 0 aliphatic heterocycles. The van der Waals surface area contributed by atoms with E-state index in [9.17, 15) is 0 Å². The SMILES string of the molecule is CC1=Cc2c(-c3ccccc3)cccc2[CH]1[Zr+2]([CH]1C(C)=Cc2c(-c3ccccc3)cccc21)[SiH](C)C.[F-].[F-]. The number of allylic oxidation sites excluding steroid dienone is 2. The third kappa shape index (κ3) is 4.78. The third-order valence-electron chi connectivity index (χ3n) is 8.06. The molecule has 2 atom stereocenters. The summed E-state index contributed by atoms with van der Waals surface area (Å²) in [4.78, 5) is 0. The molecule has 0 aromatic heterocycles. The van der Waals surface area contributed by atoms with Crippen molar-refractivity contribution in [1.29, 1.82) is 0 Å². The second-order valence-electron chi connectivity index (χ2n) is 10.6. The molecule has 0 fully saturated rings. The molecule has 0 saturated heterocycles. The Labute approximate surface area is 234 Å². The monoisotopic (exact) mass is 597 g/mol. The first kappa shape index (κ1) is 28.3. The van der Waals surface area contributed by atoms with Crippen LogP contribution in [0, 0.1) is 0 Å². The first-order valence-corrected chi connectivity index (χ1v) is 23.1. The molecule has 2 aliphatic rings. The molecule has 2 aliphatic carbocycles. The summed E-state index contributed by atoms with van der Waals surface area (Å²) in [5.74, 6) is -0.850. The van der Waals surface area contributed by atoms with E-state index in [2.05, 4.69) is 136 Å². The molecule has 4 aromatic carbocycles. The average Bonchev–Trinajstić information content (AvgIpc) is 3.41. The van der Waals surface area contributed by atoms with Gasteiger partial charge in [0.1, 0.15) is 0 Å². The van der Waals surface area contributed by atoms with Crippen molar-refractivity contribution in [2.24, 2.45) is 0 Å². The van der Waals surface area contributed by atoms with Gasteiger partial charge in [0.15, 0.2) is 0 Å². The van der Waals surface area contributed by atoms with Crippen LogP contribution in [-0.2, 0) is 20.9 Å². The summed E-state index contributed by atoms with van der Waals surface area (Å²) in [6, 6.07) is 36.1. The van der Waals surface area contributed by atoms with Crippen molar-refractivity contribution in [2.45, 2.75) is 34.2 Å². The summed E-state index contributed by atoms with van der Waals surface area (Å²) in [7, 11) is 0. The van der Waals surface area contributed by atoms with Gasteiger partial charge in [0.05, 0.1) is 0 Å². The summed E-state index contributed by atoms with van der Waals surface area (Å²) in [6.45, 7) is 10.1. The molecule has 38 heavy (non-hydrogen) atoms. The van der Waals surface area contributed by atoms with E-state index in [1.165, 1.54) is 33.4 Å². The zero-order valence-electron chi connectivity index (χ0n) is 22.4. The smallest absolute Gasteiger partial charge is 1.00 e. The minimum atomic E-state index is -2.00. The fourth-order valence-electron chi connectivity index (χ4n) is 6.56. The minimum absolute atomic E-state index is 0. The van der Waals surface area contributed by atoms with Crippen molar-refractivity contribution >= 4 is 18.1 Å². The maximum absolute atomic E-state index is 2.65. The quantitative estimate of drug-likeness (QED) is 0.310. The Kier molecular flexibility index (Phi) is 8.65. The Morgan fingerprint density at radius 3 is 1.29 bits per heavy atom. The van der Waals surface area contributed by atoms with Crippen molar-refractivity contribution in [3.05, 3.63) is 130 Å². The summed E-state index contributed by atoms with van der Waals surface area (Å²) in [6.07, 6.45) is 5.07. The topological polar surface area (TPSA) is 0 Å². The van der Waals surface area contributed by atoms with Gasteiger partial charge in [-0.3, -0.25) is 0 Å². The van der Waals surface area contributed by atoms with E-state index in [1.807, 2.05) is 0 Å². The van der Waals surface area contributed by atoms with Crippen molar-refractivity contribution < 1.29 is 30.3 Å². The average molecular weight is 599 g/mol. The number of fused-ring (bicyclic) bond motifs is 2. The molecule has 0 N–H and O–H groups in total. The van der Waals surface area contributed by atoms with Crippen LogP contribution in [0.15, 0.2) is 108 Å². The Morgan fingerprint density at radius 1 is 0.526 bits per heavy atom. The van der Waals surface area contributed by atoms with E-state index < -0.39 is 26.8 Å². The molecular formula is C34H33F2SiZr. The van der Waals surface area contributed by atoms with E-state index in [1.54, 1.807) is 22.3 Å². The largest absolute Gasteiger partial charge is 1.00 e. The van der Waals surface area contributed by atoms with Crippen molar-refractivity contribution in [3.8, 4) is 22.3 Å². The van der Waals surface area contributed by atoms with Gasteiger partial charge in [0.2, 0.25) is 0 Å². The molecule has 4 heteroatoms. The number of halogens is 2. The van der Waals surface area contributed by atoms with Crippen molar-refractivity contribution in [3.63, 3.8) is 0 Å². The molecule has 0 bridgehead atoms. The fraction of sp³-hybridized carbons (Fsp3) is 0.176. The van der Waals surface area contributed by atoms with Crippen LogP contribution in [0.1, 0.15) is 43.4 Å². The molecule has 0 heterocycles. The molecule has 4 aromatic rings. The van der Waals surface area contributed by atoms with Gasteiger partial charge in [-0.15, -0.1) is 0 Å². The maximum Gasteiger partial charge on any atom is -1.00 e. The summed E-state index contributed by atoms with van der Waals surface area (Å²) in [5, 5.41) is 0. The third-order valence-corrected chi connectivity index (χ3v) is 30.2. The van der Waals surface area contributed by atoms with Gasteiger partial charge < -0.3 is 9.41 Å². The Morgan fingerprint density at radius 2 is 0.921 bits per heavy atom. The van der Waals surface area contributed by atoms with Crippen molar-refractivity contribution in [2.75, 3.05) is 0 Å². The van der Waals surface area contributed by atoms with Crippen LogP contribution >= 0.6 is 0 Å². The Balaban J connectivity index is 0.00000168. The molecule has 0 nitrogen and oxygen atoms in total. The second kappa shape index (κ2) is 11.6. The molecule has 0 saturated carbocycles. The van der Waals surface area contributed by atoms with Crippen molar-refractivity contribution in [1.82, 2.24) is 0 Å². The Bertz CT molecular complexity index is 1380. The number of hydrogen-bond donors (Lipinski definition) is 0. The Hall–Kier alpha value is -2.68. The maximum atomic E-state index is 2.65. The van der Waals surface area contributed by atoms with Crippen LogP contribution in [0.2, 0.25) is 13.1 Å². The standard InChI is InChI=1S/2C16H13.C2H7Si.2FH.Zr/c2*1-12-10-14-8-5-9-15(16(14)11-12)13-6-3-2-4-7-13;1-3-2;;;/h2*2-11H,1H3;3H,1-2H3;2*1H;/q;;;;;+2/p-2. The van der Waals surface area contributed by atoms with Gasteiger partial charge in [0.25, 0.3) is 0 Å². The number of hydrogen-bond acceptors (Lipinski definition) is 0. The van der Waals surface area contributed by atoms with Crippen LogP contribution < -0.4 is 9.41 Å². The van der Waals surface area contributed by atoms with Gasteiger partial charge in [0, 0.05) is 0 Å². The van der Waals surface area contributed by atoms with Gasteiger partial charge in [-0.2, -0.15) is 0 Å². The normalized spacial score (nSPS) is 17.1. The molecule has 191 valence electrons. The molecule has 0 radical (unpaired) electrons.